The Morgan fingerprint density at radius 2 is 1.56 bits per heavy atom. The molecule has 1 aromatic heterocycles. The molecule has 0 aliphatic rings. The van der Waals surface area contributed by atoms with Crippen molar-refractivity contribution in [3.63, 3.8) is 0 Å². The van der Waals surface area contributed by atoms with E-state index in [4.69, 9.17) is 14.3 Å². The highest BCUT2D eigenvalue weighted by Gasteiger charge is 2.21. The second kappa shape index (κ2) is 13.6. The topological polar surface area (TPSA) is 90.2 Å². The molecule has 0 spiro atoms. The summed E-state index contributed by atoms with van der Waals surface area (Å²) in [7, 11) is 0. The predicted molar refractivity (Wildman–Crippen MR) is 161 cm³/mol. The minimum absolute atomic E-state index is 0.0149. The summed E-state index contributed by atoms with van der Waals surface area (Å²) in [5.41, 5.74) is 5.70. The number of carboxylic acids is 1. The third kappa shape index (κ3) is 8.67. The molecule has 7 heteroatoms. The third-order valence-electron chi connectivity index (χ3n) is 6.53. The minimum atomic E-state index is -1.01. The van der Waals surface area contributed by atoms with Gasteiger partial charge in [-0.05, 0) is 65.4 Å². The minimum Gasteiger partial charge on any atom is -0.490 e. The predicted octanol–water partition coefficient (Wildman–Crippen LogP) is 6.94. The van der Waals surface area contributed by atoms with E-state index >= 15 is 0 Å². The third-order valence-corrected chi connectivity index (χ3v) is 6.53. The molecule has 41 heavy (non-hydrogen) atoms. The molecule has 0 amide bonds. The number of carboxylic acid groups (broad SMARTS) is 1. The summed E-state index contributed by atoms with van der Waals surface area (Å²) < 4.78 is 11.5. The van der Waals surface area contributed by atoms with E-state index in [-0.39, 0.29) is 18.4 Å². The zero-order chi connectivity index (χ0) is 29.2. The van der Waals surface area contributed by atoms with Gasteiger partial charge in [0.15, 0.2) is 12.7 Å². The molecule has 0 radical (unpaired) electrons. The number of aliphatic carboxylic acids is 1. The highest BCUT2D eigenvalue weighted by Crippen LogP contribution is 2.25. The van der Waals surface area contributed by atoms with Gasteiger partial charge in [-0.25, -0.2) is 4.79 Å². The normalized spacial score (nSPS) is 12.4. The van der Waals surface area contributed by atoms with E-state index in [1.54, 1.807) is 6.20 Å². The number of hydrogen-bond donors (Lipinski definition) is 1. The largest absolute Gasteiger partial charge is 0.490 e. The van der Waals surface area contributed by atoms with Crippen LogP contribution in [0.15, 0.2) is 102 Å². The van der Waals surface area contributed by atoms with Crippen LogP contribution in [-0.4, -0.2) is 41.1 Å². The fraction of sp³-hybridized carbons (Fsp3) is 0.265. The molecule has 1 unspecified atom stereocenters. The molecule has 4 rings (SSSR count). The van der Waals surface area contributed by atoms with Crippen LogP contribution in [0.2, 0.25) is 0 Å². The number of nitrogens with zero attached hydrogens (tertiary/aromatic N) is 2. The van der Waals surface area contributed by atoms with Gasteiger partial charge in [0, 0.05) is 18.2 Å². The first-order valence-electron chi connectivity index (χ1n) is 13.6. The van der Waals surface area contributed by atoms with Crippen molar-refractivity contribution in [2.45, 2.75) is 45.6 Å². The molecule has 0 fully saturated rings. The van der Waals surface area contributed by atoms with E-state index in [1.165, 1.54) is 0 Å². The second-order valence-corrected chi connectivity index (χ2v) is 10.7. The van der Waals surface area contributed by atoms with Crippen molar-refractivity contribution in [3.8, 4) is 22.8 Å². The lowest BCUT2D eigenvalue weighted by Crippen LogP contribution is -2.29. The average molecular weight is 553 g/mol. The number of ether oxygens (including phenoxy) is 2. The van der Waals surface area contributed by atoms with Crippen molar-refractivity contribution in [1.82, 2.24) is 4.98 Å². The summed E-state index contributed by atoms with van der Waals surface area (Å²) in [6, 6.07) is 28.7. The van der Waals surface area contributed by atoms with E-state index in [0.717, 1.165) is 33.7 Å². The lowest BCUT2D eigenvalue weighted by atomic mass is 9.87. The van der Waals surface area contributed by atoms with Crippen LogP contribution < -0.4 is 9.47 Å². The van der Waals surface area contributed by atoms with Crippen molar-refractivity contribution in [2.24, 2.45) is 5.16 Å². The summed E-state index contributed by atoms with van der Waals surface area (Å²) in [5, 5.41) is 13.9. The standard InChI is InChI=1S/C34H36N2O5/c1-24(26-10-12-27(13-11-26)31-7-5-6-20-35-31)36-40-22-21-39-29-16-8-25(9-17-29)23-32(33(37)38)41-30-18-14-28(15-19-30)34(2,3)4/h5-20,32H,21-23H2,1-4H3,(H,37,38)/b36-24+. The van der Waals surface area contributed by atoms with Gasteiger partial charge in [-0.3, -0.25) is 4.98 Å². The molecule has 0 aliphatic carbocycles. The second-order valence-electron chi connectivity index (χ2n) is 10.7. The first-order valence-corrected chi connectivity index (χ1v) is 13.6. The highest BCUT2D eigenvalue weighted by atomic mass is 16.6. The van der Waals surface area contributed by atoms with Crippen molar-refractivity contribution in [3.05, 3.63) is 114 Å². The summed E-state index contributed by atoms with van der Waals surface area (Å²) in [4.78, 5) is 21.6. The van der Waals surface area contributed by atoms with Gasteiger partial charge >= 0.3 is 5.97 Å². The van der Waals surface area contributed by atoms with Gasteiger partial charge < -0.3 is 19.4 Å². The molecule has 212 valence electrons. The zero-order valence-corrected chi connectivity index (χ0v) is 23.9. The van der Waals surface area contributed by atoms with E-state index in [9.17, 15) is 9.90 Å². The SMILES string of the molecule is C/C(=N\OCCOc1ccc(CC(Oc2ccc(C(C)(C)C)cc2)C(=O)O)cc1)c1ccc(-c2ccccn2)cc1. The molecule has 1 heterocycles. The van der Waals surface area contributed by atoms with Gasteiger partial charge in [-0.2, -0.15) is 0 Å². The first-order chi connectivity index (χ1) is 19.7. The highest BCUT2D eigenvalue weighted by molar-refractivity contribution is 5.98. The number of pyridine rings is 1. The maximum absolute atomic E-state index is 11.8. The van der Waals surface area contributed by atoms with Gasteiger partial charge in [0.25, 0.3) is 0 Å². The molecule has 0 saturated heterocycles. The summed E-state index contributed by atoms with van der Waals surface area (Å²) in [6.07, 6.45) is 1.01. The molecule has 3 aromatic carbocycles. The Labute approximate surface area is 241 Å². The van der Waals surface area contributed by atoms with Crippen molar-refractivity contribution >= 4 is 11.7 Å². The smallest absolute Gasteiger partial charge is 0.345 e. The van der Waals surface area contributed by atoms with E-state index in [0.29, 0.717) is 18.1 Å². The Balaban J connectivity index is 1.22. The summed E-state index contributed by atoms with van der Waals surface area (Å²) >= 11 is 0. The van der Waals surface area contributed by atoms with Crippen molar-refractivity contribution in [2.75, 3.05) is 13.2 Å². The molecule has 1 atom stereocenters. The molecule has 0 saturated carbocycles. The summed E-state index contributed by atoms with van der Waals surface area (Å²) in [5.74, 6) is 0.181. The number of rotatable bonds is 12. The van der Waals surface area contributed by atoms with Crippen LogP contribution in [0.3, 0.4) is 0 Å². The Morgan fingerprint density at radius 3 is 2.17 bits per heavy atom. The van der Waals surface area contributed by atoms with Crippen LogP contribution in [0.25, 0.3) is 11.3 Å². The quantitative estimate of drug-likeness (QED) is 0.116. The van der Waals surface area contributed by atoms with Gasteiger partial charge in [0.1, 0.15) is 18.1 Å². The molecular formula is C34H36N2O5. The monoisotopic (exact) mass is 552 g/mol. The first kappa shape index (κ1) is 29.3. The molecular weight excluding hydrogens is 516 g/mol. The van der Waals surface area contributed by atoms with E-state index in [2.05, 4.69) is 30.9 Å². The fourth-order valence-corrected chi connectivity index (χ4v) is 4.12. The number of carbonyl (C=O) groups is 1. The Hall–Kier alpha value is -4.65. The molecule has 0 bridgehead atoms. The van der Waals surface area contributed by atoms with E-state index in [1.807, 2.05) is 97.9 Å². The van der Waals surface area contributed by atoms with Gasteiger partial charge in [0.05, 0.1) is 11.4 Å². The van der Waals surface area contributed by atoms with Crippen LogP contribution in [0.5, 0.6) is 11.5 Å². The van der Waals surface area contributed by atoms with Crippen molar-refractivity contribution < 1.29 is 24.2 Å². The Bertz CT molecular complexity index is 1430. The van der Waals surface area contributed by atoms with Gasteiger partial charge in [0.2, 0.25) is 0 Å². The number of benzene rings is 3. The maximum atomic E-state index is 11.8. The number of aromatic nitrogens is 1. The number of oxime groups is 1. The fourth-order valence-electron chi connectivity index (χ4n) is 4.12. The molecule has 1 N–H and O–H groups in total. The Morgan fingerprint density at radius 1 is 0.878 bits per heavy atom. The lowest BCUT2D eigenvalue weighted by molar-refractivity contribution is -0.145. The van der Waals surface area contributed by atoms with Crippen LogP contribution >= 0.6 is 0 Å². The zero-order valence-electron chi connectivity index (χ0n) is 23.9. The van der Waals surface area contributed by atoms with Crippen molar-refractivity contribution in [1.29, 1.82) is 0 Å². The molecule has 4 aromatic rings. The van der Waals surface area contributed by atoms with Gasteiger partial charge in [-0.15, -0.1) is 0 Å². The number of hydrogen-bond acceptors (Lipinski definition) is 6. The van der Waals surface area contributed by atoms with Crippen LogP contribution in [0, 0.1) is 0 Å². The van der Waals surface area contributed by atoms with Crippen LogP contribution in [-0.2, 0) is 21.5 Å². The van der Waals surface area contributed by atoms with E-state index < -0.39 is 12.1 Å². The molecule has 0 aliphatic heterocycles. The van der Waals surface area contributed by atoms with Gasteiger partial charge in [-0.1, -0.05) is 80.5 Å². The van der Waals surface area contributed by atoms with Crippen LogP contribution in [0.4, 0.5) is 0 Å². The Kier molecular flexibility index (Phi) is 9.74. The maximum Gasteiger partial charge on any atom is 0.345 e. The summed E-state index contributed by atoms with van der Waals surface area (Å²) in [6.45, 7) is 8.89. The lowest BCUT2D eigenvalue weighted by Gasteiger charge is -2.20. The van der Waals surface area contributed by atoms with Crippen LogP contribution in [0.1, 0.15) is 44.4 Å². The average Bonchev–Trinajstić information content (AvgIpc) is 2.97. The molecule has 7 nitrogen and oxygen atoms in total.